The first-order valence-corrected chi connectivity index (χ1v) is 9.40. The summed E-state index contributed by atoms with van der Waals surface area (Å²) >= 11 is 6.06. The van der Waals surface area contributed by atoms with Gasteiger partial charge in [-0.15, -0.1) is 0 Å². The molecule has 0 aliphatic heterocycles. The van der Waals surface area contributed by atoms with Gasteiger partial charge < -0.3 is 0 Å². The maximum Gasteiger partial charge on any atom is 0.181 e. The third-order valence-electron chi connectivity index (χ3n) is 4.31. The smallest absolute Gasteiger partial charge is 0.181 e. The van der Waals surface area contributed by atoms with Crippen LogP contribution in [-0.4, -0.2) is 24.5 Å². The third-order valence-corrected chi connectivity index (χ3v) is 4.56. The van der Waals surface area contributed by atoms with Gasteiger partial charge in [0.25, 0.3) is 0 Å². The molecular formula is C21H20ClN5. The van der Waals surface area contributed by atoms with E-state index >= 15 is 0 Å². The number of benzene rings is 2. The Labute approximate surface area is 163 Å². The summed E-state index contributed by atoms with van der Waals surface area (Å²) in [4.78, 5) is 4.85. The van der Waals surface area contributed by atoms with Crippen LogP contribution in [-0.2, 0) is 13.0 Å². The summed E-state index contributed by atoms with van der Waals surface area (Å²) in [6.07, 6.45) is 3.49. The molecule has 0 unspecified atom stereocenters. The molecule has 0 amide bonds. The van der Waals surface area contributed by atoms with Gasteiger partial charge >= 0.3 is 0 Å². The third kappa shape index (κ3) is 3.78. The minimum Gasteiger partial charge on any atom is -0.262 e. The first-order chi connectivity index (χ1) is 13.2. The summed E-state index contributed by atoms with van der Waals surface area (Å²) in [6, 6.07) is 19.9. The number of aromatic nitrogens is 5. The van der Waals surface area contributed by atoms with Crippen LogP contribution in [0, 0.1) is 0 Å². The minimum absolute atomic E-state index is 0.677. The Morgan fingerprint density at radius 3 is 2.48 bits per heavy atom. The number of aryl methyl sites for hydroxylation is 1. The molecule has 2 aromatic carbocycles. The number of halogens is 1. The Morgan fingerprint density at radius 2 is 1.74 bits per heavy atom. The lowest BCUT2D eigenvalue weighted by Gasteiger charge is -2.08. The summed E-state index contributed by atoms with van der Waals surface area (Å²) < 4.78 is 3.85. The Balaban J connectivity index is 1.80. The van der Waals surface area contributed by atoms with Gasteiger partial charge in [-0.05, 0) is 42.3 Å². The number of nitrogens with zero attached hydrogens (tertiary/aromatic N) is 5. The van der Waals surface area contributed by atoms with Gasteiger partial charge in [0.15, 0.2) is 11.6 Å². The van der Waals surface area contributed by atoms with Gasteiger partial charge in [0, 0.05) is 24.2 Å². The summed E-state index contributed by atoms with van der Waals surface area (Å²) in [7, 11) is 0. The quantitative estimate of drug-likeness (QED) is 0.485. The molecule has 0 saturated carbocycles. The maximum atomic E-state index is 6.06. The molecule has 0 aliphatic carbocycles. The van der Waals surface area contributed by atoms with Crippen molar-refractivity contribution in [1.82, 2.24) is 24.5 Å². The van der Waals surface area contributed by atoms with Crippen LogP contribution < -0.4 is 0 Å². The molecule has 0 aliphatic rings. The molecule has 4 rings (SSSR count). The number of rotatable bonds is 6. The van der Waals surface area contributed by atoms with Crippen molar-refractivity contribution in [3.05, 3.63) is 83.3 Å². The van der Waals surface area contributed by atoms with Crippen molar-refractivity contribution in [3.8, 4) is 17.2 Å². The molecule has 27 heavy (non-hydrogen) atoms. The molecule has 0 saturated heterocycles. The molecule has 136 valence electrons. The fourth-order valence-electron chi connectivity index (χ4n) is 3.05. The van der Waals surface area contributed by atoms with Crippen molar-refractivity contribution < 1.29 is 0 Å². The fraction of sp³-hybridized carbons (Fsp3) is 0.190. The normalized spacial score (nSPS) is 11.0. The van der Waals surface area contributed by atoms with Crippen LogP contribution in [0.2, 0.25) is 5.02 Å². The first kappa shape index (κ1) is 17.5. The monoisotopic (exact) mass is 377 g/mol. The zero-order valence-corrected chi connectivity index (χ0v) is 15.8. The van der Waals surface area contributed by atoms with E-state index in [9.17, 15) is 0 Å². The van der Waals surface area contributed by atoms with Crippen molar-refractivity contribution in [2.45, 2.75) is 26.3 Å². The highest BCUT2D eigenvalue weighted by Crippen LogP contribution is 2.23. The molecule has 0 fully saturated rings. The SMILES string of the molecule is CCCn1nccc1-c1nc(Cc2ccccc2)nn1-c1ccc(Cl)cc1. The predicted octanol–water partition coefficient (Wildman–Crippen LogP) is 4.79. The van der Waals surface area contributed by atoms with Gasteiger partial charge in [-0.25, -0.2) is 9.67 Å². The average molecular weight is 378 g/mol. The van der Waals surface area contributed by atoms with E-state index in [1.165, 1.54) is 5.56 Å². The molecule has 2 heterocycles. The molecule has 0 bridgehead atoms. The number of hydrogen-bond donors (Lipinski definition) is 0. The van der Waals surface area contributed by atoms with Gasteiger partial charge in [0.1, 0.15) is 5.69 Å². The van der Waals surface area contributed by atoms with E-state index in [4.69, 9.17) is 21.7 Å². The summed E-state index contributed by atoms with van der Waals surface area (Å²) in [5.41, 5.74) is 3.06. The van der Waals surface area contributed by atoms with Crippen molar-refractivity contribution in [2.75, 3.05) is 0 Å². The largest absolute Gasteiger partial charge is 0.262 e. The Hall–Kier alpha value is -2.92. The average Bonchev–Trinajstić information content (AvgIpc) is 3.30. The minimum atomic E-state index is 0.677. The molecular weight excluding hydrogens is 358 g/mol. The summed E-state index contributed by atoms with van der Waals surface area (Å²) in [5, 5.41) is 9.92. The molecule has 2 aromatic heterocycles. The highest BCUT2D eigenvalue weighted by atomic mass is 35.5. The second-order valence-electron chi connectivity index (χ2n) is 6.34. The van der Waals surface area contributed by atoms with Gasteiger partial charge in [0.2, 0.25) is 0 Å². The van der Waals surface area contributed by atoms with Crippen LogP contribution in [0.5, 0.6) is 0 Å². The van der Waals surface area contributed by atoms with Crippen LogP contribution >= 0.6 is 11.6 Å². The maximum absolute atomic E-state index is 6.06. The van der Waals surface area contributed by atoms with E-state index in [1.807, 2.05) is 64.1 Å². The highest BCUT2D eigenvalue weighted by Gasteiger charge is 2.17. The molecule has 0 radical (unpaired) electrons. The van der Waals surface area contributed by atoms with Crippen molar-refractivity contribution in [1.29, 1.82) is 0 Å². The summed E-state index contributed by atoms with van der Waals surface area (Å²) in [5.74, 6) is 1.56. The Kier molecular flexibility index (Phi) is 5.03. The first-order valence-electron chi connectivity index (χ1n) is 9.02. The van der Waals surface area contributed by atoms with E-state index in [0.717, 1.165) is 36.0 Å². The summed E-state index contributed by atoms with van der Waals surface area (Å²) in [6.45, 7) is 2.97. The fourth-order valence-corrected chi connectivity index (χ4v) is 3.17. The van der Waals surface area contributed by atoms with Crippen LogP contribution in [0.25, 0.3) is 17.2 Å². The van der Waals surface area contributed by atoms with Crippen LogP contribution in [0.15, 0.2) is 66.9 Å². The van der Waals surface area contributed by atoms with Crippen molar-refractivity contribution >= 4 is 11.6 Å². The zero-order valence-electron chi connectivity index (χ0n) is 15.1. The van der Waals surface area contributed by atoms with Gasteiger partial charge in [0.05, 0.1) is 5.69 Å². The van der Waals surface area contributed by atoms with Crippen LogP contribution in [0.3, 0.4) is 0 Å². The van der Waals surface area contributed by atoms with Gasteiger partial charge in [-0.1, -0.05) is 48.9 Å². The molecule has 4 aromatic rings. The van der Waals surface area contributed by atoms with Crippen LogP contribution in [0.4, 0.5) is 0 Å². The molecule has 0 spiro atoms. The molecule has 0 N–H and O–H groups in total. The van der Waals surface area contributed by atoms with E-state index in [2.05, 4.69) is 24.2 Å². The lowest BCUT2D eigenvalue weighted by atomic mass is 10.1. The predicted molar refractivity (Wildman–Crippen MR) is 107 cm³/mol. The standard InChI is InChI=1S/C21H20ClN5/c1-2-14-26-19(12-13-23-26)21-24-20(15-16-6-4-3-5-7-16)25-27(21)18-10-8-17(22)9-11-18/h3-13H,2,14-15H2,1H3. The Bertz CT molecular complexity index is 1020. The van der Waals surface area contributed by atoms with Crippen molar-refractivity contribution in [3.63, 3.8) is 0 Å². The molecule has 0 atom stereocenters. The topological polar surface area (TPSA) is 48.5 Å². The lowest BCUT2D eigenvalue weighted by molar-refractivity contribution is 0.605. The second kappa shape index (κ2) is 7.76. The molecule has 6 heteroatoms. The van der Waals surface area contributed by atoms with Crippen molar-refractivity contribution in [2.24, 2.45) is 0 Å². The van der Waals surface area contributed by atoms with Gasteiger partial charge in [-0.2, -0.15) is 10.2 Å². The molecule has 5 nitrogen and oxygen atoms in total. The van der Waals surface area contributed by atoms with Crippen LogP contribution in [0.1, 0.15) is 24.7 Å². The highest BCUT2D eigenvalue weighted by molar-refractivity contribution is 6.30. The van der Waals surface area contributed by atoms with Gasteiger partial charge in [-0.3, -0.25) is 4.68 Å². The number of hydrogen-bond acceptors (Lipinski definition) is 3. The zero-order chi connectivity index (χ0) is 18.6. The van der Waals surface area contributed by atoms with E-state index < -0.39 is 0 Å². The Morgan fingerprint density at radius 1 is 0.963 bits per heavy atom. The van der Waals surface area contributed by atoms with E-state index in [-0.39, 0.29) is 0 Å². The van der Waals surface area contributed by atoms with E-state index in [1.54, 1.807) is 0 Å². The second-order valence-corrected chi connectivity index (χ2v) is 6.78. The van der Waals surface area contributed by atoms with E-state index in [0.29, 0.717) is 11.4 Å². The lowest BCUT2D eigenvalue weighted by Crippen LogP contribution is -2.06.